The van der Waals surface area contributed by atoms with E-state index in [1.54, 1.807) is 36.4 Å². The van der Waals surface area contributed by atoms with E-state index in [1.807, 2.05) is 50.2 Å². The molecule has 28 heavy (non-hydrogen) atoms. The number of ether oxygens (including phenoxy) is 1. The number of para-hydroxylation sites is 1. The van der Waals surface area contributed by atoms with E-state index < -0.39 is 27.0 Å². The average Bonchev–Trinajstić information content (AvgIpc) is 2.68. The first-order valence-corrected chi connectivity index (χ1v) is 10.6. The first-order chi connectivity index (χ1) is 13.4. The van der Waals surface area contributed by atoms with E-state index in [0.717, 1.165) is 16.7 Å². The Balaban J connectivity index is 1.92. The van der Waals surface area contributed by atoms with E-state index in [-0.39, 0.29) is 4.90 Å². The highest BCUT2D eigenvalue weighted by molar-refractivity contribution is 7.92. The third kappa shape index (κ3) is 3.12. The number of sulfone groups is 1. The molecule has 0 spiro atoms. The highest BCUT2D eigenvalue weighted by atomic mass is 32.2. The summed E-state index contributed by atoms with van der Waals surface area (Å²) < 4.78 is 32.4. The lowest BCUT2D eigenvalue weighted by Gasteiger charge is -2.32. The molecule has 0 aliphatic carbocycles. The fraction of sp³-hybridized carbons (Fsp3) is 0.174. The summed E-state index contributed by atoms with van der Waals surface area (Å²) in [6.07, 6.45) is 0. The van der Waals surface area contributed by atoms with Crippen molar-refractivity contribution < 1.29 is 17.9 Å². The summed E-state index contributed by atoms with van der Waals surface area (Å²) in [7, 11) is -3.95. The van der Waals surface area contributed by atoms with Gasteiger partial charge in [-0.15, -0.1) is 0 Å². The van der Waals surface area contributed by atoms with Crippen LogP contribution in [0.2, 0.25) is 0 Å². The maximum absolute atomic E-state index is 13.5. The number of fused-ring (bicyclic) bond motifs is 1. The van der Waals surface area contributed by atoms with Gasteiger partial charge in [0.15, 0.2) is 15.1 Å². The number of rotatable bonds is 3. The Labute approximate surface area is 164 Å². The van der Waals surface area contributed by atoms with Gasteiger partial charge in [0, 0.05) is 11.5 Å². The summed E-state index contributed by atoms with van der Waals surface area (Å²) in [5, 5.41) is -1.34. The number of carbonyl (C=O) groups excluding carboxylic acids is 1. The average molecular weight is 392 g/mol. The lowest BCUT2D eigenvalue weighted by Crippen LogP contribution is -2.42. The van der Waals surface area contributed by atoms with Gasteiger partial charge in [0.05, 0.1) is 4.90 Å². The zero-order chi connectivity index (χ0) is 19.9. The second kappa shape index (κ2) is 6.91. The quantitative estimate of drug-likeness (QED) is 0.495. The Morgan fingerprint density at radius 3 is 2.00 bits per heavy atom. The van der Waals surface area contributed by atoms with Gasteiger partial charge in [0.1, 0.15) is 5.75 Å². The Hall–Kier alpha value is -2.92. The fourth-order valence-corrected chi connectivity index (χ4v) is 5.38. The molecule has 1 heterocycles. The minimum absolute atomic E-state index is 0.122. The zero-order valence-electron chi connectivity index (χ0n) is 15.6. The monoisotopic (exact) mass is 392 g/mol. The van der Waals surface area contributed by atoms with Crippen molar-refractivity contribution in [2.24, 2.45) is 0 Å². The second-order valence-corrected chi connectivity index (χ2v) is 9.20. The number of aryl methyl sites for hydroxylation is 2. The fourth-order valence-electron chi connectivity index (χ4n) is 3.60. The summed E-state index contributed by atoms with van der Waals surface area (Å²) in [5.41, 5.74) is 3.49. The number of esters is 1. The Bertz CT molecular complexity index is 1130. The van der Waals surface area contributed by atoms with Crippen molar-refractivity contribution in [2.45, 2.75) is 29.9 Å². The summed E-state index contributed by atoms with van der Waals surface area (Å²) in [4.78, 5) is 13.0. The van der Waals surface area contributed by atoms with Crippen molar-refractivity contribution in [1.82, 2.24) is 0 Å². The molecule has 2 atom stereocenters. The van der Waals surface area contributed by atoms with Gasteiger partial charge in [-0.05, 0) is 37.6 Å². The lowest BCUT2D eigenvalue weighted by atomic mass is 9.86. The topological polar surface area (TPSA) is 60.4 Å². The molecule has 0 bridgehead atoms. The Morgan fingerprint density at radius 1 is 0.786 bits per heavy atom. The maximum atomic E-state index is 13.5. The first-order valence-electron chi connectivity index (χ1n) is 9.05. The van der Waals surface area contributed by atoms with Crippen LogP contribution in [-0.2, 0) is 14.6 Å². The van der Waals surface area contributed by atoms with E-state index >= 15 is 0 Å². The minimum Gasteiger partial charge on any atom is -0.425 e. The van der Waals surface area contributed by atoms with Crippen molar-refractivity contribution >= 4 is 15.8 Å². The van der Waals surface area contributed by atoms with Crippen molar-refractivity contribution in [2.75, 3.05) is 0 Å². The van der Waals surface area contributed by atoms with Gasteiger partial charge < -0.3 is 4.74 Å². The number of hydrogen-bond acceptors (Lipinski definition) is 4. The molecule has 2 unspecified atom stereocenters. The van der Waals surface area contributed by atoms with Crippen LogP contribution in [0.1, 0.15) is 28.2 Å². The molecule has 0 fully saturated rings. The molecule has 0 radical (unpaired) electrons. The smallest absolute Gasteiger partial charge is 0.331 e. The molecule has 3 aromatic carbocycles. The van der Waals surface area contributed by atoms with Crippen LogP contribution in [0.15, 0.2) is 77.7 Å². The van der Waals surface area contributed by atoms with Gasteiger partial charge in [-0.1, -0.05) is 65.7 Å². The number of carbonyl (C=O) groups is 1. The van der Waals surface area contributed by atoms with Crippen molar-refractivity contribution in [3.05, 3.63) is 95.1 Å². The molecule has 1 aliphatic heterocycles. The molecular weight excluding hydrogens is 372 g/mol. The molecule has 5 heteroatoms. The Kier molecular flexibility index (Phi) is 4.55. The van der Waals surface area contributed by atoms with E-state index in [9.17, 15) is 13.2 Å². The van der Waals surface area contributed by atoms with Crippen LogP contribution in [0.5, 0.6) is 5.75 Å². The van der Waals surface area contributed by atoms with Crippen LogP contribution in [0, 0.1) is 13.8 Å². The molecule has 4 nitrogen and oxygen atoms in total. The van der Waals surface area contributed by atoms with Gasteiger partial charge in [-0.2, -0.15) is 0 Å². The van der Waals surface area contributed by atoms with Gasteiger partial charge in [0.25, 0.3) is 0 Å². The van der Waals surface area contributed by atoms with Gasteiger partial charge in [-0.3, -0.25) is 4.79 Å². The molecule has 1 aliphatic rings. The maximum Gasteiger partial charge on any atom is 0.331 e. The summed E-state index contributed by atoms with van der Waals surface area (Å²) in [6, 6.07) is 21.3. The molecule has 0 aromatic heterocycles. The number of hydrogen-bond donors (Lipinski definition) is 0. The van der Waals surface area contributed by atoms with Crippen LogP contribution in [0.4, 0.5) is 0 Å². The highest BCUT2D eigenvalue weighted by Crippen LogP contribution is 2.43. The predicted molar refractivity (Wildman–Crippen MR) is 107 cm³/mol. The standard InChI is InChI=1S/C23H20O4S/c1-15-7-11-17(12-8-15)21-19-5-3-4-6-20(19)27-23(24)22(21)28(25,26)18-13-9-16(2)10-14-18/h3-14,21-22H,1-2H3. The SMILES string of the molecule is Cc1ccc(C2c3ccccc3OC(=O)C2S(=O)(=O)c2ccc(C)cc2)cc1. The van der Waals surface area contributed by atoms with E-state index in [0.29, 0.717) is 11.3 Å². The molecule has 0 amide bonds. The summed E-state index contributed by atoms with van der Waals surface area (Å²) in [6.45, 7) is 3.85. The third-order valence-electron chi connectivity index (χ3n) is 5.12. The number of benzene rings is 3. The highest BCUT2D eigenvalue weighted by Gasteiger charge is 2.47. The van der Waals surface area contributed by atoms with E-state index in [1.165, 1.54) is 0 Å². The van der Waals surface area contributed by atoms with E-state index in [4.69, 9.17) is 4.74 Å². The third-order valence-corrected chi connectivity index (χ3v) is 7.18. The van der Waals surface area contributed by atoms with Crippen molar-refractivity contribution in [1.29, 1.82) is 0 Å². The van der Waals surface area contributed by atoms with Gasteiger partial charge in [0.2, 0.25) is 0 Å². The van der Waals surface area contributed by atoms with Gasteiger partial charge in [-0.25, -0.2) is 8.42 Å². The minimum atomic E-state index is -3.95. The van der Waals surface area contributed by atoms with E-state index in [2.05, 4.69) is 0 Å². The van der Waals surface area contributed by atoms with Crippen molar-refractivity contribution in [3.8, 4) is 5.75 Å². The van der Waals surface area contributed by atoms with Crippen LogP contribution in [0.25, 0.3) is 0 Å². The van der Waals surface area contributed by atoms with Crippen molar-refractivity contribution in [3.63, 3.8) is 0 Å². The normalized spacial score (nSPS) is 19.0. The largest absolute Gasteiger partial charge is 0.425 e. The first kappa shape index (κ1) is 18.4. The lowest BCUT2D eigenvalue weighted by molar-refractivity contribution is -0.135. The molecule has 4 rings (SSSR count). The Morgan fingerprint density at radius 2 is 1.36 bits per heavy atom. The molecule has 142 valence electrons. The second-order valence-electron chi connectivity index (χ2n) is 7.13. The molecule has 0 saturated carbocycles. The van der Waals surface area contributed by atoms with Gasteiger partial charge >= 0.3 is 5.97 Å². The zero-order valence-corrected chi connectivity index (χ0v) is 16.4. The summed E-state index contributed by atoms with van der Waals surface area (Å²) >= 11 is 0. The van der Waals surface area contributed by atoms with Crippen LogP contribution in [0.3, 0.4) is 0 Å². The molecule has 3 aromatic rings. The molecular formula is C23H20O4S. The molecule has 0 saturated heterocycles. The van der Waals surface area contributed by atoms with Crippen LogP contribution >= 0.6 is 0 Å². The van der Waals surface area contributed by atoms with Crippen LogP contribution in [-0.4, -0.2) is 19.6 Å². The van der Waals surface area contributed by atoms with Crippen LogP contribution < -0.4 is 4.74 Å². The molecule has 0 N–H and O–H groups in total. The summed E-state index contributed by atoms with van der Waals surface area (Å²) in [5.74, 6) is -0.970. The predicted octanol–water partition coefficient (Wildman–Crippen LogP) is 4.20.